The topological polar surface area (TPSA) is 74.2 Å². The molecule has 5 nitrogen and oxygen atoms in total. The van der Waals surface area contributed by atoms with Crippen molar-refractivity contribution < 1.29 is 13.7 Å². The first-order chi connectivity index (χ1) is 9.19. The number of halogens is 1. The van der Waals surface area contributed by atoms with Gasteiger partial charge in [0, 0.05) is 6.07 Å². The van der Waals surface area contributed by atoms with Gasteiger partial charge in [-0.05, 0) is 30.9 Å². The van der Waals surface area contributed by atoms with Crippen molar-refractivity contribution in [3.05, 3.63) is 29.8 Å². The Morgan fingerprint density at radius 2 is 2.26 bits per heavy atom. The molecule has 1 aromatic carbocycles. The lowest BCUT2D eigenvalue weighted by Gasteiger charge is -2.02. The third kappa shape index (κ3) is 2.31. The van der Waals surface area contributed by atoms with Gasteiger partial charge in [-0.2, -0.15) is 4.98 Å². The highest BCUT2D eigenvalue weighted by molar-refractivity contribution is 5.55. The Morgan fingerprint density at radius 3 is 2.89 bits per heavy atom. The van der Waals surface area contributed by atoms with E-state index in [4.69, 9.17) is 15.0 Å². The molecule has 0 spiro atoms. The molecule has 19 heavy (non-hydrogen) atoms. The van der Waals surface area contributed by atoms with Crippen LogP contribution < -0.4 is 10.5 Å². The van der Waals surface area contributed by atoms with Gasteiger partial charge in [0.25, 0.3) is 5.89 Å². The molecule has 2 aromatic rings. The van der Waals surface area contributed by atoms with Crippen molar-refractivity contribution in [1.82, 2.24) is 10.1 Å². The maximum atomic E-state index is 13.9. The largest absolute Gasteiger partial charge is 0.497 e. The molecule has 0 radical (unpaired) electrons. The van der Waals surface area contributed by atoms with E-state index < -0.39 is 5.82 Å². The highest BCUT2D eigenvalue weighted by Gasteiger charge is 2.32. The average Bonchev–Trinajstić information content (AvgIpc) is 3.16. The van der Waals surface area contributed by atoms with Crippen LogP contribution in [-0.4, -0.2) is 17.3 Å². The zero-order valence-electron chi connectivity index (χ0n) is 10.5. The number of nitrogens with zero attached hydrogens (tertiary/aromatic N) is 2. The average molecular weight is 263 g/mol. The minimum Gasteiger partial charge on any atom is -0.497 e. The Bertz CT molecular complexity index is 595. The van der Waals surface area contributed by atoms with Crippen LogP contribution >= 0.6 is 0 Å². The van der Waals surface area contributed by atoms with Crippen LogP contribution in [0.2, 0.25) is 0 Å². The van der Waals surface area contributed by atoms with Gasteiger partial charge in [0.2, 0.25) is 0 Å². The zero-order valence-corrected chi connectivity index (χ0v) is 10.5. The van der Waals surface area contributed by atoms with Gasteiger partial charge in [0.1, 0.15) is 11.6 Å². The highest BCUT2D eigenvalue weighted by Crippen LogP contribution is 2.39. The van der Waals surface area contributed by atoms with Crippen LogP contribution in [0.5, 0.6) is 5.75 Å². The molecule has 2 N–H and O–H groups in total. The lowest BCUT2D eigenvalue weighted by Crippen LogP contribution is -2.13. The van der Waals surface area contributed by atoms with Gasteiger partial charge in [-0.15, -0.1) is 0 Å². The molecule has 100 valence electrons. The summed E-state index contributed by atoms with van der Waals surface area (Å²) in [7, 11) is 1.48. The third-order valence-corrected chi connectivity index (χ3v) is 3.28. The first-order valence-corrected chi connectivity index (χ1v) is 6.12. The maximum Gasteiger partial charge on any atom is 0.260 e. The molecule has 3 rings (SSSR count). The van der Waals surface area contributed by atoms with Crippen molar-refractivity contribution in [3.63, 3.8) is 0 Å². The molecule has 0 amide bonds. The molecule has 1 saturated carbocycles. The number of hydrogen-bond donors (Lipinski definition) is 1. The lowest BCUT2D eigenvalue weighted by molar-refractivity contribution is 0.405. The summed E-state index contributed by atoms with van der Waals surface area (Å²) in [6.07, 6.45) is 2.17. The summed E-state index contributed by atoms with van der Waals surface area (Å²) in [5.41, 5.74) is 6.23. The number of hydrogen-bond acceptors (Lipinski definition) is 5. The zero-order chi connectivity index (χ0) is 13.4. The number of aromatic nitrogens is 2. The van der Waals surface area contributed by atoms with Crippen LogP contribution in [0.25, 0.3) is 11.5 Å². The molecule has 1 aromatic heterocycles. The Hall–Kier alpha value is -1.95. The van der Waals surface area contributed by atoms with Crippen LogP contribution in [0.4, 0.5) is 4.39 Å². The molecular weight excluding hydrogens is 249 g/mol. The summed E-state index contributed by atoms with van der Waals surface area (Å²) in [6, 6.07) is 4.25. The first-order valence-electron chi connectivity index (χ1n) is 6.12. The fourth-order valence-electron chi connectivity index (χ4n) is 1.94. The van der Waals surface area contributed by atoms with Gasteiger partial charge in [-0.1, -0.05) is 5.16 Å². The fraction of sp³-hybridized carbons (Fsp3) is 0.385. The Kier molecular flexibility index (Phi) is 2.94. The van der Waals surface area contributed by atoms with Crippen LogP contribution in [0.1, 0.15) is 24.7 Å². The quantitative estimate of drug-likeness (QED) is 0.916. The second kappa shape index (κ2) is 4.62. The molecule has 1 unspecified atom stereocenters. The molecule has 6 heteroatoms. The first kappa shape index (κ1) is 12.1. The molecule has 1 fully saturated rings. The van der Waals surface area contributed by atoms with Gasteiger partial charge in [0.15, 0.2) is 5.82 Å². The molecule has 0 saturated heterocycles. The fourth-order valence-corrected chi connectivity index (χ4v) is 1.94. The van der Waals surface area contributed by atoms with E-state index in [-0.39, 0.29) is 17.5 Å². The molecular formula is C13H14FN3O2. The van der Waals surface area contributed by atoms with Crippen LogP contribution in [0, 0.1) is 11.7 Å². The van der Waals surface area contributed by atoms with E-state index in [2.05, 4.69) is 10.1 Å². The lowest BCUT2D eigenvalue weighted by atomic mass is 10.2. The second-order valence-corrected chi connectivity index (χ2v) is 4.67. The van der Waals surface area contributed by atoms with Gasteiger partial charge < -0.3 is 15.0 Å². The monoisotopic (exact) mass is 263 g/mol. The normalized spacial score (nSPS) is 16.4. The van der Waals surface area contributed by atoms with Gasteiger partial charge in [-0.25, -0.2) is 4.39 Å². The van der Waals surface area contributed by atoms with Crippen molar-refractivity contribution in [3.8, 4) is 17.2 Å². The molecule has 1 heterocycles. The number of nitrogens with two attached hydrogens (primary N) is 1. The van der Waals surface area contributed by atoms with Crippen LogP contribution in [0.15, 0.2) is 22.7 Å². The SMILES string of the molecule is COc1ccc(-c2nc(C(N)C3CC3)no2)c(F)c1. The predicted octanol–water partition coefficient (Wildman–Crippen LogP) is 2.29. The molecule has 1 aliphatic carbocycles. The van der Waals surface area contributed by atoms with Crippen molar-refractivity contribution in [2.75, 3.05) is 7.11 Å². The number of rotatable bonds is 4. The summed E-state index contributed by atoms with van der Waals surface area (Å²) in [5.74, 6) is 0.982. The molecule has 0 bridgehead atoms. The Morgan fingerprint density at radius 1 is 1.47 bits per heavy atom. The van der Waals surface area contributed by atoms with E-state index in [1.807, 2.05) is 0 Å². The van der Waals surface area contributed by atoms with E-state index in [0.717, 1.165) is 12.8 Å². The van der Waals surface area contributed by atoms with Crippen molar-refractivity contribution in [1.29, 1.82) is 0 Å². The second-order valence-electron chi connectivity index (χ2n) is 4.67. The number of ether oxygens (including phenoxy) is 1. The van der Waals surface area contributed by atoms with E-state index in [1.54, 1.807) is 12.1 Å². The summed E-state index contributed by atoms with van der Waals surface area (Å²) in [5, 5.41) is 3.83. The maximum absolute atomic E-state index is 13.9. The summed E-state index contributed by atoms with van der Waals surface area (Å²) < 4.78 is 23.9. The van der Waals surface area contributed by atoms with E-state index in [9.17, 15) is 4.39 Å². The predicted molar refractivity (Wildman–Crippen MR) is 65.9 cm³/mol. The van der Waals surface area contributed by atoms with Gasteiger partial charge >= 0.3 is 0 Å². The number of benzene rings is 1. The third-order valence-electron chi connectivity index (χ3n) is 3.28. The summed E-state index contributed by atoms with van der Waals surface area (Å²) in [6.45, 7) is 0. The van der Waals surface area contributed by atoms with Crippen LogP contribution in [0.3, 0.4) is 0 Å². The van der Waals surface area contributed by atoms with E-state index in [0.29, 0.717) is 17.5 Å². The van der Waals surface area contributed by atoms with Crippen molar-refractivity contribution in [2.45, 2.75) is 18.9 Å². The number of methoxy groups -OCH3 is 1. The Labute approximate surface area is 109 Å². The van der Waals surface area contributed by atoms with Crippen molar-refractivity contribution in [2.24, 2.45) is 11.7 Å². The molecule has 1 atom stereocenters. The Balaban J connectivity index is 1.89. The summed E-state index contributed by atoms with van der Waals surface area (Å²) in [4.78, 5) is 4.17. The minimum atomic E-state index is -0.463. The van der Waals surface area contributed by atoms with Gasteiger partial charge in [0.05, 0.1) is 18.7 Å². The van der Waals surface area contributed by atoms with E-state index >= 15 is 0 Å². The minimum absolute atomic E-state index is 0.145. The van der Waals surface area contributed by atoms with Crippen LogP contribution in [-0.2, 0) is 0 Å². The highest BCUT2D eigenvalue weighted by atomic mass is 19.1. The van der Waals surface area contributed by atoms with Crippen molar-refractivity contribution >= 4 is 0 Å². The molecule has 1 aliphatic rings. The van der Waals surface area contributed by atoms with Gasteiger partial charge in [-0.3, -0.25) is 0 Å². The summed E-state index contributed by atoms with van der Waals surface area (Å²) >= 11 is 0. The van der Waals surface area contributed by atoms with E-state index in [1.165, 1.54) is 13.2 Å². The smallest absolute Gasteiger partial charge is 0.260 e. The standard InChI is InChI=1S/C13H14FN3O2/c1-18-8-4-5-9(10(14)6-8)13-16-12(17-19-13)11(15)7-2-3-7/h4-7,11H,2-3,15H2,1H3. The molecule has 0 aliphatic heterocycles.